The van der Waals surface area contributed by atoms with Crippen molar-refractivity contribution in [2.45, 2.75) is 13.0 Å². The number of benzene rings is 1. The van der Waals surface area contributed by atoms with Gasteiger partial charge in [-0.3, -0.25) is 0 Å². The fourth-order valence-corrected chi connectivity index (χ4v) is 1.65. The van der Waals surface area contributed by atoms with Gasteiger partial charge in [-0.05, 0) is 30.7 Å². The molecule has 2 rings (SSSR count). The van der Waals surface area contributed by atoms with Crippen molar-refractivity contribution >= 4 is 11.5 Å². The lowest BCUT2D eigenvalue weighted by atomic mass is 10.1. The van der Waals surface area contributed by atoms with Gasteiger partial charge in [-0.1, -0.05) is 24.3 Å². The van der Waals surface area contributed by atoms with Gasteiger partial charge in [0.05, 0.1) is 0 Å². The number of nitrogens with zero attached hydrogens (tertiary/aromatic N) is 2. The van der Waals surface area contributed by atoms with Crippen molar-refractivity contribution in [3.8, 4) is 0 Å². The highest BCUT2D eigenvalue weighted by molar-refractivity contribution is 5.58. The molecule has 0 saturated heterocycles. The van der Waals surface area contributed by atoms with E-state index in [0.29, 0.717) is 0 Å². The standard InChI is InChI=1S/C14H17N3/c1-11(15)12-8-9-14(16-10-12)17(2)13-6-4-3-5-7-13/h3-11H,15H2,1-2H3. The molecule has 0 spiro atoms. The zero-order valence-corrected chi connectivity index (χ0v) is 10.2. The van der Waals surface area contributed by atoms with E-state index in [-0.39, 0.29) is 6.04 Å². The summed E-state index contributed by atoms with van der Waals surface area (Å²) in [5, 5.41) is 0. The molecule has 0 radical (unpaired) electrons. The van der Waals surface area contributed by atoms with E-state index in [2.05, 4.69) is 17.1 Å². The number of rotatable bonds is 3. The van der Waals surface area contributed by atoms with Crippen LogP contribution in [0.5, 0.6) is 0 Å². The molecule has 0 aliphatic rings. The van der Waals surface area contributed by atoms with E-state index >= 15 is 0 Å². The minimum atomic E-state index is 0.0265. The maximum absolute atomic E-state index is 5.80. The summed E-state index contributed by atoms with van der Waals surface area (Å²) in [4.78, 5) is 6.47. The summed E-state index contributed by atoms with van der Waals surface area (Å²) in [5.41, 5.74) is 7.97. The van der Waals surface area contributed by atoms with Crippen molar-refractivity contribution in [1.82, 2.24) is 4.98 Å². The minimum absolute atomic E-state index is 0.0265. The Morgan fingerprint density at radius 3 is 2.35 bits per heavy atom. The van der Waals surface area contributed by atoms with E-state index in [1.807, 2.05) is 55.4 Å². The second-order valence-corrected chi connectivity index (χ2v) is 4.13. The Hall–Kier alpha value is -1.87. The van der Waals surface area contributed by atoms with Gasteiger partial charge in [-0.15, -0.1) is 0 Å². The highest BCUT2D eigenvalue weighted by atomic mass is 15.2. The van der Waals surface area contributed by atoms with Gasteiger partial charge in [0.15, 0.2) is 0 Å². The van der Waals surface area contributed by atoms with Crippen molar-refractivity contribution in [2.24, 2.45) is 5.73 Å². The lowest BCUT2D eigenvalue weighted by Crippen LogP contribution is -2.12. The summed E-state index contributed by atoms with van der Waals surface area (Å²) in [5.74, 6) is 0.917. The third-order valence-electron chi connectivity index (χ3n) is 2.78. The molecule has 3 nitrogen and oxygen atoms in total. The molecule has 3 heteroatoms. The summed E-state index contributed by atoms with van der Waals surface area (Å²) in [6.45, 7) is 1.96. The second-order valence-electron chi connectivity index (χ2n) is 4.13. The van der Waals surface area contributed by atoms with Gasteiger partial charge >= 0.3 is 0 Å². The maximum Gasteiger partial charge on any atom is 0.132 e. The Morgan fingerprint density at radius 2 is 1.82 bits per heavy atom. The van der Waals surface area contributed by atoms with Gasteiger partial charge in [-0.2, -0.15) is 0 Å². The first-order valence-corrected chi connectivity index (χ1v) is 5.69. The number of nitrogens with two attached hydrogens (primary N) is 1. The van der Waals surface area contributed by atoms with E-state index in [4.69, 9.17) is 5.73 Å². The molecular weight excluding hydrogens is 210 g/mol. The first kappa shape index (κ1) is 11.6. The molecule has 0 fully saturated rings. The largest absolute Gasteiger partial charge is 0.329 e. The Morgan fingerprint density at radius 1 is 1.12 bits per heavy atom. The summed E-state index contributed by atoms with van der Waals surface area (Å²) < 4.78 is 0. The van der Waals surface area contributed by atoms with Crippen LogP contribution in [0.3, 0.4) is 0 Å². The third-order valence-corrected chi connectivity index (χ3v) is 2.78. The number of para-hydroxylation sites is 1. The smallest absolute Gasteiger partial charge is 0.132 e. The van der Waals surface area contributed by atoms with Crippen LogP contribution in [-0.4, -0.2) is 12.0 Å². The van der Waals surface area contributed by atoms with E-state index in [9.17, 15) is 0 Å². The van der Waals surface area contributed by atoms with Gasteiger partial charge in [-0.25, -0.2) is 4.98 Å². The zero-order chi connectivity index (χ0) is 12.3. The molecule has 88 valence electrons. The van der Waals surface area contributed by atoms with Crippen LogP contribution in [0.25, 0.3) is 0 Å². The molecule has 2 aromatic rings. The van der Waals surface area contributed by atoms with E-state index in [0.717, 1.165) is 17.1 Å². The van der Waals surface area contributed by atoms with Crippen LogP contribution in [-0.2, 0) is 0 Å². The van der Waals surface area contributed by atoms with E-state index in [1.54, 1.807) is 0 Å². The Kier molecular flexibility index (Phi) is 3.40. The number of anilines is 2. The molecule has 1 aromatic carbocycles. The second kappa shape index (κ2) is 4.97. The van der Waals surface area contributed by atoms with Crippen molar-refractivity contribution < 1.29 is 0 Å². The zero-order valence-electron chi connectivity index (χ0n) is 10.2. The lowest BCUT2D eigenvalue weighted by Gasteiger charge is -2.18. The molecule has 0 bridgehead atoms. The summed E-state index contributed by atoms with van der Waals surface area (Å²) in [6, 6.07) is 14.2. The molecule has 0 amide bonds. The van der Waals surface area contributed by atoms with Gasteiger partial charge in [0.2, 0.25) is 0 Å². The molecule has 1 aromatic heterocycles. The maximum atomic E-state index is 5.80. The van der Waals surface area contributed by atoms with Gasteiger partial charge in [0.1, 0.15) is 5.82 Å². The highest BCUT2D eigenvalue weighted by Gasteiger charge is 2.05. The van der Waals surface area contributed by atoms with Crippen LogP contribution in [0.15, 0.2) is 48.7 Å². The Bertz CT molecular complexity index is 463. The van der Waals surface area contributed by atoms with Crippen LogP contribution < -0.4 is 10.6 Å². The number of aromatic nitrogens is 1. The molecule has 2 N–H and O–H groups in total. The van der Waals surface area contributed by atoms with Gasteiger partial charge in [0, 0.05) is 25.0 Å². The third kappa shape index (κ3) is 2.63. The molecular formula is C14H17N3. The van der Waals surface area contributed by atoms with Crippen LogP contribution >= 0.6 is 0 Å². The first-order chi connectivity index (χ1) is 8.18. The van der Waals surface area contributed by atoms with Crippen LogP contribution in [0.4, 0.5) is 11.5 Å². The fourth-order valence-electron chi connectivity index (χ4n) is 1.65. The molecule has 0 aliphatic carbocycles. The molecule has 17 heavy (non-hydrogen) atoms. The van der Waals surface area contributed by atoms with Crippen LogP contribution in [0, 0.1) is 0 Å². The predicted molar refractivity (Wildman–Crippen MR) is 71.3 cm³/mol. The van der Waals surface area contributed by atoms with E-state index < -0.39 is 0 Å². The highest BCUT2D eigenvalue weighted by Crippen LogP contribution is 2.21. The quantitative estimate of drug-likeness (QED) is 0.876. The van der Waals surface area contributed by atoms with Crippen LogP contribution in [0.2, 0.25) is 0 Å². The fraction of sp³-hybridized carbons (Fsp3) is 0.214. The first-order valence-electron chi connectivity index (χ1n) is 5.69. The van der Waals surface area contributed by atoms with E-state index in [1.165, 1.54) is 0 Å². The number of hydrogen-bond donors (Lipinski definition) is 1. The normalized spacial score (nSPS) is 12.2. The Balaban J connectivity index is 2.23. The average molecular weight is 227 g/mol. The molecule has 1 unspecified atom stereocenters. The monoisotopic (exact) mass is 227 g/mol. The molecule has 1 heterocycles. The Labute approximate surface area is 102 Å². The SMILES string of the molecule is CC(N)c1ccc(N(C)c2ccccc2)nc1. The average Bonchev–Trinajstić information content (AvgIpc) is 2.39. The van der Waals surface area contributed by atoms with Crippen molar-refractivity contribution in [1.29, 1.82) is 0 Å². The van der Waals surface area contributed by atoms with Crippen molar-refractivity contribution in [2.75, 3.05) is 11.9 Å². The molecule has 0 aliphatic heterocycles. The van der Waals surface area contributed by atoms with Gasteiger partial charge < -0.3 is 10.6 Å². The topological polar surface area (TPSA) is 42.1 Å². The molecule has 0 saturated carbocycles. The lowest BCUT2D eigenvalue weighted by molar-refractivity contribution is 0.811. The van der Waals surface area contributed by atoms with Crippen LogP contribution in [0.1, 0.15) is 18.5 Å². The minimum Gasteiger partial charge on any atom is -0.329 e. The van der Waals surface area contributed by atoms with Crippen molar-refractivity contribution in [3.63, 3.8) is 0 Å². The summed E-state index contributed by atoms with van der Waals surface area (Å²) >= 11 is 0. The number of hydrogen-bond acceptors (Lipinski definition) is 3. The summed E-state index contributed by atoms with van der Waals surface area (Å²) in [6.07, 6.45) is 1.83. The predicted octanol–water partition coefficient (Wildman–Crippen LogP) is 2.87. The van der Waals surface area contributed by atoms with Gasteiger partial charge in [0.25, 0.3) is 0 Å². The summed E-state index contributed by atoms with van der Waals surface area (Å²) in [7, 11) is 2.00. The number of pyridine rings is 1. The molecule has 1 atom stereocenters. The van der Waals surface area contributed by atoms with Crippen molar-refractivity contribution in [3.05, 3.63) is 54.2 Å².